The molecule has 1 aliphatic rings. The molecule has 0 spiro atoms. The molecule has 0 saturated carbocycles. The lowest BCUT2D eigenvalue weighted by molar-refractivity contribution is 0.603. The molecule has 0 radical (unpaired) electrons. The first-order chi connectivity index (χ1) is 3.29. The summed E-state index contributed by atoms with van der Waals surface area (Å²) in [6.07, 6.45) is 1.44. The van der Waals surface area contributed by atoms with E-state index >= 15 is 0 Å². The third-order valence-electron chi connectivity index (χ3n) is 1.14. The maximum absolute atomic E-state index is 2.29. The van der Waals surface area contributed by atoms with Gasteiger partial charge in [0.25, 0.3) is 0 Å². The van der Waals surface area contributed by atoms with E-state index in [0.29, 0.717) is 0 Å². The van der Waals surface area contributed by atoms with Gasteiger partial charge in [0, 0.05) is 11.0 Å². The van der Waals surface area contributed by atoms with E-state index in [1.165, 1.54) is 12.2 Å². The van der Waals surface area contributed by atoms with Gasteiger partial charge in [-0.05, 0) is 12.3 Å². The normalized spacial score (nSPS) is 28.7. The van der Waals surface area contributed by atoms with Crippen molar-refractivity contribution < 1.29 is 0 Å². The van der Waals surface area contributed by atoms with Crippen molar-refractivity contribution >= 4 is 11.8 Å². The Morgan fingerprint density at radius 3 is 2.43 bits per heavy atom. The van der Waals surface area contributed by atoms with Crippen LogP contribution >= 0.6 is 11.8 Å². The summed E-state index contributed by atoms with van der Waals surface area (Å²) in [7, 11) is 0. The van der Waals surface area contributed by atoms with Crippen LogP contribution in [0.2, 0.25) is 0 Å². The lowest BCUT2D eigenvalue weighted by Crippen LogP contribution is -1.90. The molecule has 0 nitrogen and oxygen atoms in total. The molecule has 1 aliphatic heterocycles. The zero-order valence-corrected chi connectivity index (χ0v) is 5.79. The second-order valence-corrected chi connectivity index (χ2v) is 3.92. The fourth-order valence-corrected chi connectivity index (χ4v) is 1.52. The van der Waals surface area contributed by atoms with E-state index < -0.39 is 0 Å². The maximum atomic E-state index is 2.29. The van der Waals surface area contributed by atoms with Crippen LogP contribution in [0.25, 0.3) is 0 Å². The van der Waals surface area contributed by atoms with Gasteiger partial charge in [-0.15, -0.1) is 0 Å². The van der Waals surface area contributed by atoms with Crippen LogP contribution in [-0.4, -0.2) is 11.0 Å². The van der Waals surface area contributed by atoms with Gasteiger partial charge in [0.1, 0.15) is 0 Å². The Morgan fingerprint density at radius 2 is 2.29 bits per heavy atom. The SMILES string of the molecule is CC(C)CC1CS1. The highest BCUT2D eigenvalue weighted by atomic mass is 32.2. The molecule has 1 fully saturated rings. The lowest BCUT2D eigenvalue weighted by Gasteiger charge is -1.96. The molecule has 1 heteroatoms. The van der Waals surface area contributed by atoms with E-state index in [1.54, 1.807) is 0 Å². The molecule has 0 N–H and O–H groups in total. The van der Waals surface area contributed by atoms with Crippen LogP contribution in [0.1, 0.15) is 20.3 Å². The fourth-order valence-electron chi connectivity index (χ4n) is 0.730. The molecule has 0 aromatic heterocycles. The van der Waals surface area contributed by atoms with Gasteiger partial charge in [0.2, 0.25) is 0 Å². The molecule has 0 bridgehead atoms. The molecular weight excluding hydrogens is 104 g/mol. The Labute approximate surface area is 49.7 Å². The summed E-state index contributed by atoms with van der Waals surface area (Å²) in [6.45, 7) is 4.58. The van der Waals surface area contributed by atoms with Crippen LogP contribution in [0, 0.1) is 5.92 Å². The van der Waals surface area contributed by atoms with Gasteiger partial charge in [-0.25, -0.2) is 0 Å². The largest absolute Gasteiger partial charge is 0.157 e. The summed E-state index contributed by atoms with van der Waals surface area (Å²) in [5.74, 6) is 2.35. The van der Waals surface area contributed by atoms with Crippen molar-refractivity contribution in [2.45, 2.75) is 25.5 Å². The molecule has 42 valence electrons. The third-order valence-corrected chi connectivity index (χ3v) is 2.13. The van der Waals surface area contributed by atoms with Crippen molar-refractivity contribution in [3.63, 3.8) is 0 Å². The number of hydrogen-bond donors (Lipinski definition) is 0. The van der Waals surface area contributed by atoms with E-state index in [2.05, 4.69) is 25.6 Å². The van der Waals surface area contributed by atoms with Crippen LogP contribution in [0.5, 0.6) is 0 Å². The van der Waals surface area contributed by atoms with E-state index in [4.69, 9.17) is 0 Å². The van der Waals surface area contributed by atoms with Gasteiger partial charge >= 0.3 is 0 Å². The van der Waals surface area contributed by atoms with Crippen molar-refractivity contribution in [3.8, 4) is 0 Å². The van der Waals surface area contributed by atoms with Crippen molar-refractivity contribution in [3.05, 3.63) is 0 Å². The number of thioether (sulfide) groups is 1. The maximum Gasteiger partial charge on any atom is 0.0141 e. The summed E-state index contributed by atoms with van der Waals surface area (Å²) in [4.78, 5) is 0. The average molecular weight is 116 g/mol. The zero-order chi connectivity index (χ0) is 5.28. The van der Waals surface area contributed by atoms with Gasteiger partial charge in [-0.3, -0.25) is 0 Å². The first-order valence-corrected chi connectivity index (χ1v) is 3.95. The molecule has 0 aromatic rings. The molecule has 0 aliphatic carbocycles. The Kier molecular flexibility index (Phi) is 1.63. The molecule has 1 heterocycles. The summed E-state index contributed by atoms with van der Waals surface area (Å²) in [6, 6.07) is 0. The Hall–Kier alpha value is 0.350. The van der Waals surface area contributed by atoms with Gasteiger partial charge in [-0.1, -0.05) is 13.8 Å². The van der Waals surface area contributed by atoms with Crippen molar-refractivity contribution in [2.75, 3.05) is 5.75 Å². The van der Waals surface area contributed by atoms with E-state index in [-0.39, 0.29) is 0 Å². The summed E-state index contributed by atoms with van der Waals surface area (Å²) >= 11 is 2.10. The van der Waals surface area contributed by atoms with Gasteiger partial charge in [0.15, 0.2) is 0 Å². The standard InChI is InChI=1S/C6H12S/c1-5(2)3-6-4-7-6/h5-6H,3-4H2,1-2H3. The molecule has 0 aromatic carbocycles. The van der Waals surface area contributed by atoms with Crippen LogP contribution in [0.4, 0.5) is 0 Å². The second-order valence-electron chi connectivity index (χ2n) is 2.58. The molecule has 7 heavy (non-hydrogen) atoms. The predicted molar refractivity (Wildman–Crippen MR) is 35.7 cm³/mol. The molecular formula is C6H12S. The first-order valence-electron chi connectivity index (χ1n) is 2.90. The third kappa shape index (κ3) is 2.22. The summed E-state index contributed by atoms with van der Waals surface area (Å²) < 4.78 is 0. The lowest BCUT2D eigenvalue weighted by atomic mass is 10.1. The molecule has 1 saturated heterocycles. The molecule has 0 amide bonds. The fraction of sp³-hybridized carbons (Fsp3) is 1.00. The molecule has 1 unspecified atom stereocenters. The van der Waals surface area contributed by atoms with Gasteiger partial charge in [-0.2, -0.15) is 11.8 Å². The highest BCUT2D eigenvalue weighted by molar-refractivity contribution is 8.06. The van der Waals surface area contributed by atoms with Crippen molar-refractivity contribution in [2.24, 2.45) is 5.92 Å². The first kappa shape index (κ1) is 5.49. The Balaban J connectivity index is 1.97. The van der Waals surface area contributed by atoms with Crippen LogP contribution in [-0.2, 0) is 0 Å². The zero-order valence-electron chi connectivity index (χ0n) is 4.98. The summed E-state index contributed by atoms with van der Waals surface area (Å²) in [5.41, 5.74) is 0. The van der Waals surface area contributed by atoms with Gasteiger partial charge in [0.05, 0.1) is 0 Å². The highest BCUT2D eigenvalue weighted by Gasteiger charge is 2.22. The smallest absolute Gasteiger partial charge is 0.0141 e. The van der Waals surface area contributed by atoms with Crippen molar-refractivity contribution in [1.82, 2.24) is 0 Å². The Morgan fingerprint density at radius 1 is 1.71 bits per heavy atom. The minimum Gasteiger partial charge on any atom is -0.157 e. The van der Waals surface area contributed by atoms with Crippen LogP contribution in [0.15, 0.2) is 0 Å². The molecule has 1 atom stereocenters. The van der Waals surface area contributed by atoms with E-state index in [1.807, 2.05) is 0 Å². The minimum absolute atomic E-state index is 0.917. The molecule has 1 rings (SSSR count). The number of rotatable bonds is 2. The number of hydrogen-bond acceptors (Lipinski definition) is 1. The summed E-state index contributed by atoms with van der Waals surface area (Å²) in [5, 5.41) is 1.04. The van der Waals surface area contributed by atoms with E-state index in [9.17, 15) is 0 Å². The monoisotopic (exact) mass is 116 g/mol. The van der Waals surface area contributed by atoms with Crippen LogP contribution in [0.3, 0.4) is 0 Å². The van der Waals surface area contributed by atoms with Crippen molar-refractivity contribution in [1.29, 1.82) is 0 Å². The topological polar surface area (TPSA) is 0 Å². The average Bonchev–Trinajstić information content (AvgIpc) is 2.17. The van der Waals surface area contributed by atoms with E-state index in [0.717, 1.165) is 11.2 Å². The predicted octanol–water partition coefficient (Wildman–Crippen LogP) is 2.15. The second kappa shape index (κ2) is 2.08. The van der Waals surface area contributed by atoms with Crippen LogP contribution < -0.4 is 0 Å². The van der Waals surface area contributed by atoms with Gasteiger partial charge < -0.3 is 0 Å². The Bertz CT molecular complexity index is 55.2. The minimum atomic E-state index is 0.917. The quantitative estimate of drug-likeness (QED) is 0.498. The highest BCUT2D eigenvalue weighted by Crippen LogP contribution is 2.35.